The molecule has 0 aromatic heterocycles. The predicted octanol–water partition coefficient (Wildman–Crippen LogP) is 4.70. The van der Waals surface area contributed by atoms with E-state index >= 15 is 0 Å². The molecule has 1 aromatic rings. The van der Waals surface area contributed by atoms with Crippen LogP contribution in [0.4, 0.5) is 0 Å². The van der Waals surface area contributed by atoms with Crippen LogP contribution in [-0.4, -0.2) is 6.54 Å². The van der Waals surface area contributed by atoms with Crippen LogP contribution in [-0.2, 0) is 0 Å². The first kappa shape index (κ1) is 14.2. The maximum absolute atomic E-state index is 3.70. The third kappa shape index (κ3) is 5.88. The average Bonchev–Trinajstić information content (AvgIpc) is 2.38. The van der Waals surface area contributed by atoms with E-state index in [1.807, 2.05) is 0 Å². The zero-order valence-corrected chi connectivity index (χ0v) is 11.4. The highest BCUT2D eigenvalue weighted by atomic mass is 14.9. The molecule has 17 heavy (non-hydrogen) atoms. The van der Waals surface area contributed by atoms with E-state index in [-0.39, 0.29) is 0 Å². The summed E-state index contributed by atoms with van der Waals surface area (Å²) in [5.41, 5.74) is 1.44. The number of benzene rings is 1. The Labute approximate surface area is 107 Å². The normalized spacial score (nSPS) is 12.6. The van der Waals surface area contributed by atoms with Gasteiger partial charge in [0.25, 0.3) is 0 Å². The van der Waals surface area contributed by atoms with Gasteiger partial charge in [-0.05, 0) is 24.9 Å². The molecule has 1 heteroatoms. The molecule has 1 N–H and O–H groups in total. The summed E-state index contributed by atoms with van der Waals surface area (Å²) in [5.74, 6) is 0. The Bertz CT molecular complexity index is 258. The molecule has 0 radical (unpaired) electrons. The zero-order chi connectivity index (χ0) is 12.3. The molecule has 96 valence electrons. The molecule has 0 aliphatic carbocycles. The van der Waals surface area contributed by atoms with Crippen molar-refractivity contribution < 1.29 is 0 Å². The van der Waals surface area contributed by atoms with Gasteiger partial charge in [-0.2, -0.15) is 0 Å². The predicted molar refractivity (Wildman–Crippen MR) is 76.2 cm³/mol. The molecular weight excluding hydrogens is 206 g/mol. The second kappa shape index (κ2) is 9.23. The maximum Gasteiger partial charge on any atom is 0.0320 e. The lowest BCUT2D eigenvalue weighted by Gasteiger charge is -2.19. The Hall–Kier alpha value is -0.820. The molecule has 1 rings (SSSR count). The van der Waals surface area contributed by atoms with E-state index in [0.717, 1.165) is 6.54 Å². The van der Waals surface area contributed by atoms with E-state index in [1.54, 1.807) is 0 Å². The summed E-state index contributed by atoms with van der Waals surface area (Å²) in [7, 11) is 0. The molecule has 1 nitrogen and oxygen atoms in total. The SMILES string of the molecule is CCCCCC(NCCCC)c1ccccc1. The Morgan fingerprint density at radius 3 is 2.29 bits per heavy atom. The summed E-state index contributed by atoms with van der Waals surface area (Å²) in [4.78, 5) is 0. The van der Waals surface area contributed by atoms with E-state index in [1.165, 1.54) is 44.1 Å². The van der Waals surface area contributed by atoms with Gasteiger partial charge in [-0.3, -0.25) is 0 Å². The van der Waals surface area contributed by atoms with E-state index in [9.17, 15) is 0 Å². The molecule has 0 aliphatic heterocycles. The lowest BCUT2D eigenvalue weighted by atomic mass is 10.0. The van der Waals surface area contributed by atoms with Crippen molar-refractivity contribution >= 4 is 0 Å². The average molecular weight is 233 g/mol. The summed E-state index contributed by atoms with van der Waals surface area (Å²) in [6.07, 6.45) is 7.78. The smallest absolute Gasteiger partial charge is 0.0320 e. The van der Waals surface area contributed by atoms with Crippen molar-refractivity contribution in [1.82, 2.24) is 5.32 Å². The number of hydrogen-bond acceptors (Lipinski definition) is 1. The summed E-state index contributed by atoms with van der Waals surface area (Å²) in [6.45, 7) is 5.65. The van der Waals surface area contributed by atoms with Crippen molar-refractivity contribution in [3.63, 3.8) is 0 Å². The van der Waals surface area contributed by atoms with Gasteiger partial charge in [0.2, 0.25) is 0 Å². The number of unbranched alkanes of at least 4 members (excludes halogenated alkanes) is 3. The maximum atomic E-state index is 3.70. The van der Waals surface area contributed by atoms with Crippen LogP contribution in [0, 0.1) is 0 Å². The van der Waals surface area contributed by atoms with Crippen molar-refractivity contribution in [2.24, 2.45) is 0 Å². The minimum atomic E-state index is 0.550. The highest BCUT2D eigenvalue weighted by Gasteiger charge is 2.09. The van der Waals surface area contributed by atoms with Gasteiger partial charge in [0.15, 0.2) is 0 Å². The fourth-order valence-electron chi connectivity index (χ4n) is 2.12. The Morgan fingerprint density at radius 1 is 0.941 bits per heavy atom. The molecule has 0 saturated carbocycles. The summed E-state index contributed by atoms with van der Waals surface area (Å²) >= 11 is 0. The van der Waals surface area contributed by atoms with Crippen LogP contribution in [0.3, 0.4) is 0 Å². The molecule has 0 spiro atoms. The lowest BCUT2D eigenvalue weighted by molar-refractivity contribution is 0.468. The van der Waals surface area contributed by atoms with Gasteiger partial charge in [-0.25, -0.2) is 0 Å². The second-order valence-corrected chi connectivity index (χ2v) is 4.77. The summed E-state index contributed by atoms with van der Waals surface area (Å²) in [6, 6.07) is 11.4. The Balaban J connectivity index is 2.46. The van der Waals surface area contributed by atoms with Gasteiger partial charge in [-0.1, -0.05) is 69.9 Å². The van der Waals surface area contributed by atoms with Crippen LogP contribution in [0.25, 0.3) is 0 Å². The van der Waals surface area contributed by atoms with Gasteiger partial charge in [0.1, 0.15) is 0 Å². The van der Waals surface area contributed by atoms with Gasteiger partial charge in [0, 0.05) is 6.04 Å². The monoisotopic (exact) mass is 233 g/mol. The molecule has 0 amide bonds. The van der Waals surface area contributed by atoms with Gasteiger partial charge in [-0.15, -0.1) is 0 Å². The highest BCUT2D eigenvalue weighted by molar-refractivity contribution is 5.18. The third-order valence-corrected chi connectivity index (χ3v) is 3.22. The Kier molecular flexibility index (Phi) is 7.74. The molecule has 0 aliphatic rings. The molecular formula is C16H27N. The zero-order valence-electron chi connectivity index (χ0n) is 11.4. The van der Waals surface area contributed by atoms with E-state index < -0.39 is 0 Å². The van der Waals surface area contributed by atoms with Crippen LogP contribution in [0.5, 0.6) is 0 Å². The lowest BCUT2D eigenvalue weighted by Crippen LogP contribution is -2.22. The highest BCUT2D eigenvalue weighted by Crippen LogP contribution is 2.19. The fraction of sp³-hybridized carbons (Fsp3) is 0.625. The van der Waals surface area contributed by atoms with Crippen molar-refractivity contribution in [1.29, 1.82) is 0 Å². The van der Waals surface area contributed by atoms with Crippen molar-refractivity contribution in [2.45, 2.75) is 58.4 Å². The molecule has 0 fully saturated rings. The van der Waals surface area contributed by atoms with Crippen molar-refractivity contribution in [3.8, 4) is 0 Å². The number of nitrogens with one attached hydrogen (secondary N) is 1. The molecule has 1 atom stereocenters. The standard InChI is InChI=1S/C16H27N/c1-3-5-8-13-16(17-14-6-4-2)15-11-9-7-10-12-15/h7,9-12,16-17H,3-6,8,13-14H2,1-2H3. The molecule has 1 unspecified atom stereocenters. The first-order chi connectivity index (χ1) is 8.38. The number of rotatable bonds is 9. The van der Waals surface area contributed by atoms with Crippen LogP contribution >= 0.6 is 0 Å². The van der Waals surface area contributed by atoms with Crippen LogP contribution in [0.2, 0.25) is 0 Å². The van der Waals surface area contributed by atoms with Gasteiger partial charge >= 0.3 is 0 Å². The first-order valence-electron chi connectivity index (χ1n) is 7.16. The summed E-state index contributed by atoms with van der Waals surface area (Å²) in [5, 5.41) is 3.70. The quantitative estimate of drug-likeness (QED) is 0.610. The molecule has 1 aromatic carbocycles. The minimum Gasteiger partial charge on any atom is -0.310 e. The van der Waals surface area contributed by atoms with Crippen LogP contribution in [0.1, 0.15) is 64.0 Å². The minimum absolute atomic E-state index is 0.550. The topological polar surface area (TPSA) is 12.0 Å². The van der Waals surface area contributed by atoms with Crippen molar-refractivity contribution in [2.75, 3.05) is 6.54 Å². The van der Waals surface area contributed by atoms with E-state index in [0.29, 0.717) is 6.04 Å². The van der Waals surface area contributed by atoms with Gasteiger partial charge < -0.3 is 5.32 Å². The Morgan fingerprint density at radius 2 is 1.65 bits per heavy atom. The molecule has 0 bridgehead atoms. The van der Waals surface area contributed by atoms with Gasteiger partial charge in [0.05, 0.1) is 0 Å². The first-order valence-corrected chi connectivity index (χ1v) is 7.16. The van der Waals surface area contributed by atoms with Crippen LogP contribution < -0.4 is 5.32 Å². The van der Waals surface area contributed by atoms with Crippen LogP contribution in [0.15, 0.2) is 30.3 Å². The molecule has 0 heterocycles. The second-order valence-electron chi connectivity index (χ2n) is 4.77. The molecule has 0 saturated heterocycles. The largest absolute Gasteiger partial charge is 0.310 e. The van der Waals surface area contributed by atoms with E-state index in [4.69, 9.17) is 0 Å². The number of hydrogen-bond donors (Lipinski definition) is 1. The summed E-state index contributed by atoms with van der Waals surface area (Å²) < 4.78 is 0. The fourth-order valence-corrected chi connectivity index (χ4v) is 2.12. The third-order valence-electron chi connectivity index (χ3n) is 3.22. The van der Waals surface area contributed by atoms with Crippen molar-refractivity contribution in [3.05, 3.63) is 35.9 Å². The van der Waals surface area contributed by atoms with E-state index in [2.05, 4.69) is 49.5 Å².